The molecule has 0 unspecified atom stereocenters. The Hall–Kier alpha value is 0.270. The molecule has 2 aliphatic rings. The molecule has 0 amide bonds. The average Bonchev–Trinajstić information content (AvgIpc) is 2.69. The maximum atomic E-state index is 9.52. The van der Waals surface area contributed by atoms with Crippen molar-refractivity contribution in [1.29, 1.82) is 0 Å². The zero-order valence-electron chi connectivity index (χ0n) is 8.87. The van der Waals surface area contributed by atoms with Crippen LogP contribution in [0.1, 0.15) is 25.7 Å². The van der Waals surface area contributed by atoms with Crippen molar-refractivity contribution in [3.05, 3.63) is 0 Å². The molecule has 1 saturated heterocycles. The minimum atomic E-state index is 0.266. The topological polar surface area (TPSA) is 23.5 Å². The summed E-state index contributed by atoms with van der Waals surface area (Å²) in [7, 11) is 0. The lowest BCUT2D eigenvalue weighted by molar-refractivity contribution is 0.0826. The molecule has 2 rings (SSSR count). The third-order valence-corrected chi connectivity index (χ3v) is 4.60. The van der Waals surface area contributed by atoms with Gasteiger partial charge in [-0.15, -0.1) is 0 Å². The van der Waals surface area contributed by atoms with Gasteiger partial charge >= 0.3 is 0 Å². The van der Waals surface area contributed by atoms with E-state index in [1.807, 2.05) is 0 Å². The van der Waals surface area contributed by atoms with Gasteiger partial charge in [-0.2, -0.15) is 11.8 Å². The molecule has 1 N–H and O–H groups in total. The Morgan fingerprint density at radius 1 is 1.14 bits per heavy atom. The average molecular weight is 215 g/mol. The highest BCUT2D eigenvalue weighted by molar-refractivity contribution is 7.99. The minimum Gasteiger partial charge on any atom is -0.396 e. The van der Waals surface area contributed by atoms with E-state index in [0.717, 1.165) is 6.54 Å². The third kappa shape index (κ3) is 2.44. The van der Waals surface area contributed by atoms with Crippen molar-refractivity contribution < 1.29 is 5.11 Å². The number of nitrogens with zero attached hydrogens (tertiary/aromatic N) is 1. The lowest BCUT2D eigenvalue weighted by atomic mass is 9.86. The number of hydrogen-bond donors (Lipinski definition) is 1. The van der Waals surface area contributed by atoms with Gasteiger partial charge in [0.15, 0.2) is 0 Å². The minimum absolute atomic E-state index is 0.266. The molecule has 1 saturated carbocycles. The predicted octanol–water partition coefficient (Wildman–Crippen LogP) is 1.59. The molecule has 14 heavy (non-hydrogen) atoms. The van der Waals surface area contributed by atoms with Gasteiger partial charge < -0.3 is 10.0 Å². The van der Waals surface area contributed by atoms with E-state index in [4.69, 9.17) is 0 Å². The van der Waals surface area contributed by atoms with Gasteiger partial charge in [-0.25, -0.2) is 0 Å². The largest absolute Gasteiger partial charge is 0.396 e. The first kappa shape index (κ1) is 10.8. The van der Waals surface area contributed by atoms with Crippen LogP contribution in [0.4, 0.5) is 0 Å². The van der Waals surface area contributed by atoms with Gasteiger partial charge in [0.25, 0.3) is 0 Å². The smallest absolute Gasteiger partial charge is 0.0499 e. The van der Waals surface area contributed by atoms with E-state index >= 15 is 0 Å². The molecule has 0 radical (unpaired) electrons. The van der Waals surface area contributed by atoms with Crippen LogP contribution in [0.15, 0.2) is 0 Å². The lowest BCUT2D eigenvalue weighted by Crippen LogP contribution is -2.42. The summed E-state index contributed by atoms with van der Waals surface area (Å²) in [4.78, 5) is 2.55. The Labute approximate surface area is 91.1 Å². The second kappa shape index (κ2) is 4.86. The molecule has 2 nitrogen and oxygen atoms in total. The van der Waals surface area contributed by atoms with E-state index in [0.29, 0.717) is 6.61 Å². The van der Waals surface area contributed by atoms with Gasteiger partial charge in [-0.1, -0.05) is 12.8 Å². The van der Waals surface area contributed by atoms with Crippen molar-refractivity contribution in [3.8, 4) is 0 Å². The summed E-state index contributed by atoms with van der Waals surface area (Å²) >= 11 is 2.06. The van der Waals surface area contributed by atoms with Crippen LogP contribution in [0.25, 0.3) is 0 Å². The summed E-state index contributed by atoms with van der Waals surface area (Å²) < 4.78 is 0. The van der Waals surface area contributed by atoms with E-state index in [9.17, 15) is 5.11 Å². The number of rotatable bonds is 3. The fourth-order valence-electron chi connectivity index (χ4n) is 2.72. The summed E-state index contributed by atoms with van der Waals surface area (Å²) in [5, 5.41) is 9.52. The van der Waals surface area contributed by atoms with Gasteiger partial charge in [-0.05, 0) is 12.8 Å². The molecule has 0 atom stereocenters. The summed E-state index contributed by atoms with van der Waals surface area (Å²) in [6, 6.07) is 0. The molecule has 1 aliphatic carbocycles. The Kier molecular flexibility index (Phi) is 3.74. The molecular weight excluding hydrogens is 194 g/mol. The molecule has 0 aromatic carbocycles. The predicted molar refractivity (Wildman–Crippen MR) is 61.8 cm³/mol. The quantitative estimate of drug-likeness (QED) is 0.773. The molecule has 0 bridgehead atoms. The first-order chi connectivity index (χ1) is 6.85. The van der Waals surface area contributed by atoms with Crippen molar-refractivity contribution in [2.24, 2.45) is 5.41 Å². The fraction of sp³-hybridized carbons (Fsp3) is 1.00. The van der Waals surface area contributed by atoms with Crippen LogP contribution in [0.5, 0.6) is 0 Å². The summed E-state index contributed by atoms with van der Waals surface area (Å²) in [5.41, 5.74) is 0.266. The van der Waals surface area contributed by atoms with Gasteiger partial charge in [0.1, 0.15) is 0 Å². The van der Waals surface area contributed by atoms with Crippen molar-refractivity contribution in [1.82, 2.24) is 4.90 Å². The van der Waals surface area contributed by atoms with Crippen LogP contribution < -0.4 is 0 Å². The van der Waals surface area contributed by atoms with Crippen LogP contribution >= 0.6 is 11.8 Å². The molecule has 1 heterocycles. The number of aliphatic hydroxyl groups excluding tert-OH is 1. The Morgan fingerprint density at radius 3 is 2.36 bits per heavy atom. The van der Waals surface area contributed by atoms with E-state index in [1.165, 1.54) is 50.3 Å². The number of hydrogen-bond acceptors (Lipinski definition) is 3. The monoisotopic (exact) mass is 215 g/mol. The standard InChI is InChI=1S/C11H21NOS/c13-10-11(3-1-2-4-11)9-12-5-7-14-8-6-12/h13H,1-10H2. The van der Waals surface area contributed by atoms with Crippen LogP contribution in [0, 0.1) is 5.41 Å². The van der Waals surface area contributed by atoms with Crippen LogP contribution in [0.2, 0.25) is 0 Å². The second-order valence-corrected chi connectivity index (χ2v) is 5.98. The highest BCUT2D eigenvalue weighted by Crippen LogP contribution is 2.38. The maximum absolute atomic E-state index is 9.52. The Balaban J connectivity index is 1.86. The molecule has 1 aliphatic heterocycles. The Bertz CT molecular complexity index is 174. The summed E-state index contributed by atoms with van der Waals surface area (Å²) in [5.74, 6) is 2.56. The van der Waals surface area contributed by atoms with Crippen LogP contribution in [-0.4, -0.2) is 47.8 Å². The van der Waals surface area contributed by atoms with E-state index in [2.05, 4.69) is 16.7 Å². The normalized spacial score (nSPS) is 28.1. The molecule has 82 valence electrons. The molecule has 3 heteroatoms. The summed E-state index contributed by atoms with van der Waals surface area (Å²) in [6.07, 6.45) is 5.13. The first-order valence-electron chi connectivity index (χ1n) is 5.76. The van der Waals surface area contributed by atoms with E-state index in [-0.39, 0.29) is 5.41 Å². The number of aliphatic hydroxyl groups is 1. The van der Waals surface area contributed by atoms with Gasteiger partial charge in [0, 0.05) is 43.2 Å². The van der Waals surface area contributed by atoms with E-state index < -0.39 is 0 Å². The molecule has 0 spiro atoms. The summed E-state index contributed by atoms with van der Waals surface area (Å²) in [6.45, 7) is 4.00. The SMILES string of the molecule is OCC1(CN2CCSCC2)CCCC1. The van der Waals surface area contributed by atoms with Crippen LogP contribution in [0.3, 0.4) is 0 Å². The van der Waals surface area contributed by atoms with Gasteiger partial charge in [0.2, 0.25) is 0 Å². The highest BCUT2D eigenvalue weighted by atomic mass is 32.2. The third-order valence-electron chi connectivity index (χ3n) is 3.66. The van der Waals surface area contributed by atoms with Gasteiger partial charge in [0.05, 0.1) is 0 Å². The lowest BCUT2D eigenvalue weighted by Gasteiger charge is -2.35. The molecular formula is C11H21NOS. The second-order valence-electron chi connectivity index (χ2n) is 4.75. The van der Waals surface area contributed by atoms with Crippen molar-refractivity contribution in [2.45, 2.75) is 25.7 Å². The maximum Gasteiger partial charge on any atom is 0.0499 e. The van der Waals surface area contributed by atoms with Crippen molar-refractivity contribution in [3.63, 3.8) is 0 Å². The van der Waals surface area contributed by atoms with Crippen molar-refractivity contribution >= 4 is 11.8 Å². The van der Waals surface area contributed by atoms with Gasteiger partial charge in [-0.3, -0.25) is 0 Å². The Morgan fingerprint density at radius 2 is 1.79 bits per heavy atom. The van der Waals surface area contributed by atoms with Crippen molar-refractivity contribution in [2.75, 3.05) is 37.7 Å². The molecule has 0 aromatic rings. The fourth-order valence-corrected chi connectivity index (χ4v) is 3.70. The van der Waals surface area contributed by atoms with E-state index in [1.54, 1.807) is 0 Å². The molecule has 2 fully saturated rings. The zero-order chi connectivity index (χ0) is 9.86. The molecule has 0 aromatic heterocycles. The first-order valence-corrected chi connectivity index (χ1v) is 6.91. The zero-order valence-corrected chi connectivity index (χ0v) is 9.69. The number of thioether (sulfide) groups is 1. The van der Waals surface area contributed by atoms with Crippen LogP contribution in [-0.2, 0) is 0 Å². The highest BCUT2D eigenvalue weighted by Gasteiger charge is 2.35.